The fraction of sp³-hybridized carbons (Fsp3) is 0.385. The first kappa shape index (κ1) is 15.5. The van der Waals surface area contributed by atoms with E-state index in [2.05, 4.69) is 10.3 Å². The molecule has 5 nitrogen and oxygen atoms in total. The van der Waals surface area contributed by atoms with Crippen molar-refractivity contribution >= 4 is 23.6 Å². The Hall–Kier alpha value is -1.59. The Morgan fingerprint density at radius 2 is 2.05 bits per heavy atom. The molecule has 0 aliphatic carbocycles. The van der Waals surface area contributed by atoms with E-state index in [1.807, 2.05) is 13.0 Å². The number of rotatable bonds is 6. The SMILES string of the molecule is CCC(=O)NOCc1c(CC)cccc1C(=O)NCl. The first-order chi connectivity index (χ1) is 9.13. The second-order valence-electron chi connectivity index (χ2n) is 3.89. The summed E-state index contributed by atoms with van der Waals surface area (Å²) in [7, 11) is 0. The van der Waals surface area contributed by atoms with Gasteiger partial charge in [-0.2, -0.15) is 0 Å². The van der Waals surface area contributed by atoms with Gasteiger partial charge in [0.1, 0.15) is 6.61 Å². The molecule has 6 heteroatoms. The Morgan fingerprint density at radius 3 is 2.63 bits per heavy atom. The number of carbonyl (C=O) groups is 2. The number of hydroxylamine groups is 1. The second-order valence-corrected chi connectivity index (χ2v) is 4.08. The number of hydrogen-bond acceptors (Lipinski definition) is 3. The zero-order valence-electron chi connectivity index (χ0n) is 11.0. The van der Waals surface area contributed by atoms with Crippen LogP contribution in [0.3, 0.4) is 0 Å². The fourth-order valence-corrected chi connectivity index (χ4v) is 1.76. The smallest absolute Gasteiger partial charge is 0.265 e. The van der Waals surface area contributed by atoms with E-state index in [0.29, 0.717) is 12.0 Å². The predicted octanol–water partition coefficient (Wildman–Crippen LogP) is 2.09. The summed E-state index contributed by atoms with van der Waals surface area (Å²) < 4.78 is 0. The lowest BCUT2D eigenvalue weighted by Gasteiger charge is -2.13. The van der Waals surface area contributed by atoms with Gasteiger partial charge in [0, 0.05) is 23.8 Å². The van der Waals surface area contributed by atoms with Gasteiger partial charge >= 0.3 is 0 Å². The molecule has 2 amide bonds. The molecule has 1 aromatic rings. The van der Waals surface area contributed by atoms with Crippen LogP contribution in [0.25, 0.3) is 0 Å². The molecule has 1 aromatic carbocycles. The lowest BCUT2D eigenvalue weighted by molar-refractivity contribution is -0.134. The van der Waals surface area contributed by atoms with Crippen molar-refractivity contribution in [2.75, 3.05) is 0 Å². The zero-order chi connectivity index (χ0) is 14.3. The average molecular weight is 285 g/mol. The van der Waals surface area contributed by atoms with Crippen LogP contribution in [0.2, 0.25) is 0 Å². The van der Waals surface area contributed by atoms with Crippen molar-refractivity contribution < 1.29 is 14.4 Å². The first-order valence-electron chi connectivity index (χ1n) is 6.06. The van der Waals surface area contributed by atoms with Crippen molar-refractivity contribution in [3.63, 3.8) is 0 Å². The number of aryl methyl sites for hydroxylation is 1. The molecular weight excluding hydrogens is 268 g/mol. The number of nitrogens with one attached hydrogen (secondary N) is 2. The first-order valence-corrected chi connectivity index (χ1v) is 6.44. The van der Waals surface area contributed by atoms with Crippen molar-refractivity contribution in [1.82, 2.24) is 10.3 Å². The Bertz CT molecular complexity index is 463. The third-order valence-corrected chi connectivity index (χ3v) is 2.88. The fourth-order valence-electron chi connectivity index (χ4n) is 1.66. The summed E-state index contributed by atoms with van der Waals surface area (Å²) in [4.78, 5) is 30.0. The summed E-state index contributed by atoms with van der Waals surface area (Å²) in [6.45, 7) is 3.83. The predicted molar refractivity (Wildman–Crippen MR) is 72.4 cm³/mol. The van der Waals surface area contributed by atoms with Gasteiger partial charge in [0.05, 0.1) is 0 Å². The molecule has 1 rings (SSSR count). The highest BCUT2D eigenvalue weighted by molar-refractivity contribution is 6.24. The Morgan fingerprint density at radius 1 is 1.32 bits per heavy atom. The van der Waals surface area contributed by atoms with E-state index in [-0.39, 0.29) is 12.5 Å². The monoisotopic (exact) mass is 284 g/mol. The molecule has 0 bridgehead atoms. The average Bonchev–Trinajstić information content (AvgIpc) is 2.46. The minimum Gasteiger partial charge on any atom is -0.273 e. The summed E-state index contributed by atoms with van der Waals surface area (Å²) >= 11 is 5.35. The van der Waals surface area contributed by atoms with Gasteiger partial charge in [-0.05, 0) is 23.6 Å². The molecule has 0 aliphatic heterocycles. The Labute approximate surface area is 117 Å². The molecule has 0 unspecified atom stereocenters. The van der Waals surface area contributed by atoms with Gasteiger partial charge in [-0.1, -0.05) is 26.0 Å². The Kier molecular flexibility index (Phi) is 6.32. The molecule has 0 atom stereocenters. The molecule has 0 aliphatic rings. The van der Waals surface area contributed by atoms with Gasteiger partial charge in [0.2, 0.25) is 5.91 Å². The van der Waals surface area contributed by atoms with Gasteiger partial charge in [-0.3, -0.25) is 19.3 Å². The summed E-state index contributed by atoms with van der Waals surface area (Å²) in [5, 5.41) is 0. The minimum atomic E-state index is -0.391. The van der Waals surface area contributed by atoms with Crippen LogP contribution in [0.4, 0.5) is 0 Å². The molecular formula is C13H17ClN2O3. The summed E-state index contributed by atoms with van der Waals surface area (Å²) in [6, 6.07) is 5.36. The maximum Gasteiger partial charge on any atom is 0.265 e. The highest BCUT2D eigenvalue weighted by Gasteiger charge is 2.14. The van der Waals surface area contributed by atoms with E-state index in [1.54, 1.807) is 19.1 Å². The highest BCUT2D eigenvalue weighted by Crippen LogP contribution is 2.17. The number of amides is 2. The van der Waals surface area contributed by atoms with Crippen LogP contribution < -0.4 is 10.3 Å². The van der Waals surface area contributed by atoms with Crippen molar-refractivity contribution in [1.29, 1.82) is 0 Å². The molecule has 0 radical (unpaired) electrons. The molecule has 0 saturated carbocycles. The van der Waals surface area contributed by atoms with Crippen LogP contribution in [0.5, 0.6) is 0 Å². The lowest BCUT2D eigenvalue weighted by Crippen LogP contribution is -2.24. The van der Waals surface area contributed by atoms with Crippen LogP contribution in [-0.2, 0) is 22.7 Å². The number of carbonyl (C=O) groups excluding carboxylic acids is 2. The summed E-state index contributed by atoms with van der Waals surface area (Å²) in [5.41, 5.74) is 4.45. The van der Waals surface area contributed by atoms with Gasteiger partial charge in [0.15, 0.2) is 0 Å². The maximum absolute atomic E-state index is 11.7. The molecule has 0 saturated heterocycles. The van der Waals surface area contributed by atoms with Gasteiger partial charge < -0.3 is 0 Å². The van der Waals surface area contributed by atoms with Gasteiger partial charge in [0.25, 0.3) is 5.91 Å². The van der Waals surface area contributed by atoms with E-state index in [0.717, 1.165) is 17.5 Å². The van der Waals surface area contributed by atoms with Gasteiger partial charge in [-0.25, -0.2) is 5.48 Å². The largest absolute Gasteiger partial charge is 0.273 e. The molecule has 2 N–H and O–H groups in total. The van der Waals surface area contributed by atoms with E-state index in [4.69, 9.17) is 16.6 Å². The number of benzene rings is 1. The highest BCUT2D eigenvalue weighted by atomic mass is 35.5. The quantitative estimate of drug-likeness (QED) is 0.621. The van der Waals surface area contributed by atoms with Crippen molar-refractivity contribution in [2.24, 2.45) is 0 Å². The van der Waals surface area contributed by atoms with E-state index in [1.165, 1.54) is 0 Å². The van der Waals surface area contributed by atoms with Crippen LogP contribution in [0, 0.1) is 0 Å². The standard InChI is InChI=1S/C13H17ClN2O3/c1-3-9-6-5-7-10(13(18)15-14)11(9)8-19-16-12(17)4-2/h5-7H,3-4,8H2,1-2H3,(H,15,18)(H,16,17). The van der Waals surface area contributed by atoms with E-state index in [9.17, 15) is 9.59 Å². The zero-order valence-corrected chi connectivity index (χ0v) is 11.7. The van der Waals surface area contributed by atoms with Crippen molar-refractivity contribution in [3.05, 3.63) is 34.9 Å². The molecule has 0 spiro atoms. The minimum absolute atomic E-state index is 0.120. The molecule has 104 valence electrons. The summed E-state index contributed by atoms with van der Waals surface area (Å²) in [6.07, 6.45) is 1.09. The van der Waals surface area contributed by atoms with Crippen molar-refractivity contribution in [3.8, 4) is 0 Å². The van der Waals surface area contributed by atoms with Crippen LogP contribution in [-0.4, -0.2) is 11.8 Å². The van der Waals surface area contributed by atoms with E-state index >= 15 is 0 Å². The van der Waals surface area contributed by atoms with Crippen LogP contribution >= 0.6 is 11.8 Å². The molecule has 0 fully saturated rings. The Balaban J connectivity index is 2.89. The molecule has 0 heterocycles. The maximum atomic E-state index is 11.7. The van der Waals surface area contributed by atoms with Crippen LogP contribution in [0.1, 0.15) is 41.8 Å². The number of halogens is 1. The molecule has 0 aromatic heterocycles. The third-order valence-electron chi connectivity index (χ3n) is 2.71. The number of hydrogen-bond donors (Lipinski definition) is 2. The second kappa shape index (κ2) is 7.76. The lowest BCUT2D eigenvalue weighted by atomic mass is 9.99. The van der Waals surface area contributed by atoms with Crippen molar-refractivity contribution in [2.45, 2.75) is 33.3 Å². The van der Waals surface area contributed by atoms with Crippen LogP contribution in [0.15, 0.2) is 18.2 Å². The topological polar surface area (TPSA) is 67.4 Å². The third kappa shape index (κ3) is 4.22. The van der Waals surface area contributed by atoms with E-state index < -0.39 is 5.91 Å². The normalized spacial score (nSPS) is 10.1. The summed E-state index contributed by atoms with van der Waals surface area (Å²) in [5.74, 6) is -0.602. The molecule has 19 heavy (non-hydrogen) atoms. The van der Waals surface area contributed by atoms with Gasteiger partial charge in [-0.15, -0.1) is 0 Å².